The molecule has 0 rings (SSSR count). The summed E-state index contributed by atoms with van der Waals surface area (Å²) in [5.74, 6) is 0. The minimum Gasteiger partial charge on any atom is -0.368 e. The van der Waals surface area contributed by atoms with Gasteiger partial charge in [0.25, 0.3) is 0 Å². The summed E-state index contributed by atoms with van der Waals surface area (Å²) >= 11 is 0. The van der Waals surface area contributed by atoms with Gasteiger partial charge in [0.15, 0.2) is 0 Å². The van der Waals surface area contributed by atoms with Gasteiger partial charge in [-0.3, -0.25) is 0 Å². The molecule has 0 unspecified atom stereocenters. The molecule has 0 aliphatic heterocycles. The molecule has 1 radical (unpaired) electrons. The van der Waals surface area contributed by atoms with Gasteiger partial charge in [-0.25, -0.2) is 0 Å². The minimum absolute atomic E-state index is 0. The van der Waals surface area contributed by atoms with Crippen LogP contribution in [0.5, 0.6) is 0 Å². The fourth-order valence-corrected chi connectivity index (χ4v) is 0. The van der Waals surface area contributed by atoms with Crippen molar-refractivity contribution in [1.82, 2.24) is 0 Å². The Balaban J connectivity index is -0.0000000800. The van der Waals surface area contributed by atoms with Crippen LogP contribution in [-0.4, -0.2) is 36.6 Å². The van der Waals surface area contributed by atoms with Crippen molar-refractivity contribution in [3.8, 4) is 0 Å². The molecule has 41 valence electrons. The Morgan fingerprint density at radius 1 is 0.857 bits per heavy atom. The molecule has 0 saturated heterocycles. The van der Waals surface area contributed by atoms with Crippen molar-refractivity contribution < 1.29 is 54.8 Å². The molecule has 7 heavy (non-hydrogen) atoms. The second-order valence-electron chi connectivity index (χ2n) is 0.600. The summed E-state index contributed by atoms with van der Waals surface area (Å²) in [5.41, 5.74) is 0. The summed E-state index contributed by atoms with van der Waals surface area (Å²) < 4.78 is 0. The third kappa shape index (κ3) is 119. The summed E-state index contributed by atoms with van der Waals surface area (Å²) in [6, 6.07) is 0. The van der Waals surface area contributed by atoms with Gasteiger partial charge in [-0.15, -0.1) is 0 Å². The summed E-state index contributed by atoms with van der Waals surface area (Å²) in [4.78, 5) is 29.3. The van der Waals surface area contributed by atoms with Gasteiger partial charge < -0.3 is 19.2 Å². The molecule has 4 N–H and O–H groups in total. The van der Waals surface area contributed by atoms with Crippen molar-refractivity contribution in [3.63, 3.8) is 0 Å². The minimum atomic E-state index is -4.61. The van der Waals surface area contributed by atoms with E-state index in [9.17, 15) is 0 Å². The maximum atomic E-state index is 7.33. The predicted molar refractivity (Wildman–Crippen MR) is 24.6 cm³/mol. The first kappa shape index (κ1) is 15.8. The Labute approximate surface area is 71.9 Å². The fraction of sp³-hybridized carbons (Fsp3) is 0. The first-order valence-electron chi connectivity index (χ1n) is 0.894. The SMILES string of the molecule is B.O[Si](O)(O)O.[La]. The zero-order valence-corrected chi connectivity index (χ0v) is 7.49. The van der Waals surface area contributed by atoms with Crippen LogP contribution in [0, 0.1) is 35.6 Å². The van der Waals surface area contributed by atoms with Gasteiger partial charge in [0.2, 0.25) is 0 Å². The zero-order valence-electron chi connectivity index (χ0n) is 2.87. The molecule has 0 bridgehead atoms. The Hall–Kier alpha value is 1.32. The monoisotopic (exact) mass is 249 g/mol. The average molecular weight is 249 g/mol. The second kappa shape index (κ2) is 5.45. The van der Waals surface area contributed by atoms with Crippen LogP contribution in [0.25, 0.3) is 0 Å². The van der Waals surface area contributed by atoms with E-state index in [4.69, 9.17) is 19.2 Å². The first-order valence-corrected chi connectivity index (χ1v) is 2.68. The average Bonchev–Trinajstić information content (AvgIpc) is 0.722. The molecule has 0 aromatic heterocycles. The van der Waals surface area contributed by atoms with Gasteiger partial charge in [0.1, 0.15) is 0 Å². The maximum absolute atomic E-state index is 7.33. The number of rotatable bonds is 0. The molecule has 0 aromatic rings. The topological polar surface area (TPSA) is 80.9 Å². The Kier molecular flexibility index (Phi) is 12.3. The van der Waals surface area contributed by atoms with E-state index in [1.165, 1.54) is 0 Å². The van der Waals surface area contributed by atoms with Crippen LogP contribution in [-0.2, 0) is 0 Å². The number of hydrogen-bond acceptors (Lipinski definition) is 4. The third-order valence-corrected chi connectivity index (χ3v) is 0. The standard InChI is InChI=1S/BH3.La.H4O4Si/c;;1-5(2,3)4/h1H3;;1-4H. The summed E-state index contributed by atoms with van der Waals surface area (Å²) in [7, 11) is -4.61. The van der Waals surface area contributed by atoms with Crippen molar-refractivity contribution in [2.75, 3.05) is 0 Å². The normalized spacial score (nSPS) is 8.57. The number of hydrogen-bond donors (Lipinski definition) is 4. The van der Waals surface area contributed by atoms with Crippen LogP contribution in [0.15, 0.2) is 0 Å². The Morgan fingerprint density at radius 2 is 0.857 bits per heavy atom. The van der Waals surface area contributed by atoms with Crippen molar-refractivity contribution >= 4 is 17.5 Å². The second-order valence-corrected chi connectivity index (χ2v) is 1.80. The van der Waals surface area contributed by atoms with Crippen molar-refractivity contribution in [3.05, 3.63) is 0 Å². The van der Waals surface area contributed by atoms with Crippen LogP contribution < -0.4 is 0 Å². The van der Waals surface area contributed by atoms with Crippen LogP contribution in [0.1, 0.15) is 0 Å². The van der Waals surface area contributed by atoms with Crippen LogP contribution in [0.4, 0.5) is 0 Å². The van der Waals surface area contributed by atoms with Gasteiger partial charge in [0, 0.05) is 35.6 Å². The summed E-state index contributed by atoms with van der Waals surface area (Å²) in [6.45, 7) is 0. The molecule has 0 atom stereocenters. The zero-order chi connectivity index (χ0) is 4.50. The maximum Gasteiger partial charge on any atom is 0.668 e. The molecule has 0 heterocycles. The molecule has 0 amide bonds. The van der Waals surface area contributed by atoms with E-state index in [1.54, 1.807) is 0 Å². The van der Waals surface area contributed by atoms with E-state index in [0.29, 0.717) is 0 Å². The third-order valence-electron chi connectivity index (χ3n) is 0. The summed E-state index contributed by atoms with van der Waals surface area (Å²) in [5, 5.41) is 0. The van der Waals surface area contributed by atoms with Crippen LogP contribution in [0.3, 0.4) is 0 Å². The molecule has 0 saturated carbocycles. The van der Waals surface area contributed by atoms with Crippen molar-refractivity contribution in [2.45, 2.75) is 0 Å². The van der Waals surface area contributed by atoms with E-state index >= 15 is 0 Å². The van der Waals surface area contributed by atoms with E-state index in [0.717, 1.165) is 0 Å². The molecular formula is H7BLaO4Si. The molecule has 4 nitrogen and oxygen atoms in total. The first-order chi connectivity index (χ1) is 2.00. The molecular weight excluding hydrogens is 242 g/mol. The quantitative estimate of drug-likeness (QED) is 0.332. The molecule has 7 heteroatoms. The van der Waals surface area contributed by atoms with Crippen molar-refractivity contribution in [2.24, 2.45) is 0 Å². The van der Waals surface area contributed by atoms with E-state index in [1.807, 2.05) is 0 Å². The molecule has 0 aromatic carbocycles. The predicted octanol–water partition coefficient (Wildman–Crippen LogP) is -3.79. The van der Waals surface area contributed by atoms with Crippen LogP contribution in [0.2, 0.25) is 0 Å². The molecule has 0 fully saturated rings. The summed E-state index contributed by atoms with van der Waals surface area (Å²) in [6.07, 6.45) is 0. The van der Waals surface area contributed by atoms with E-state index in [2.05, 4.69) is 0 Å². The van der Waals surface area contributed by atoms with Gasteiger partial charge in [0.05, 0.1) is 8.41 Å². The van der Waals surface area contributed by atoms with Gasteiger partial charge in [-0.2, -0.15) is 0 Å². The molecule has 0 spiro atoms. The molecule has 0 aliphatic rings. The molecule has 0 aliphatic carbocycles. The fourth-order valence-electron chi connectivity index (χ4n) is 0. The smallest absolute Gasteiger partial charge is 0.368 e. The van der Waals surface area contributed by atoms with Gasteiger partial charge >= 0.3 is 9.05 Å². The Morgan fingerprint density at radius 3 is 0.857 bits per heavy atom. The van der Waals surface area contributed by atoms with Crippen molar-refractivity contribution in [1.29, 1.82) is 0 Å². The largest absolute Gasteiger partial charge is 0.668 e. The Bertz CT molecular complexity index is 27.2. The van der Waals surface area contributed by atoms with Gasteiger partial charge in [-0.1, -0.05) is 0 Å². The van der Waals surface area contributed by atoms with Crippen LogP contribution >= 0.6 is 0 Å². The van der Waals surface area contributed by atoms with E-state index in [-0.39, 0.29) is 44.0 Å². The van der Waals surface area contributed by atoms with E-state index < -0.39 is 9.05 Å². The van der Waals surface area contributed by atoms with Gasteiger partial charge in [-0.05, 0) is 0 Å².